The first-order chi connectivity index (χ1) is 19.4. The SMILES string of the molecule is CON(C)C(=O)[C@H](Cc1cn(C(c2ccccc2)(c2ccccc2)c2ccccc2)cn1)NC(=O)CCC(C)C. The van der Waals surface area contributed by atoms with E-state index in [1.165, 1.54) is 7.11 Å². The fraction of sp³-hybridized carbons (Fsp3) is 0.303. The van der Waals surface area contributed by atoms with Gasteiger partial charge in [-0.1, -0.05) is 105 Å². The summed E-state index contributed by atoms with van der Waals surface area (Å²) in [6.07, 6.45) is 5.10. The van der Waals surface area contributed by atoms with E-state index in [4.69, 9.17) is 9.82 Å². The van der Waals surface area contributed by atoms with Crippen LogP contribution in [0.25, 0.3) is 0 Å². The maximum absolute atomic E-state index is 13.2. The van der Waals surface area contributed by atoms with Crippen molar-refractivity contribution in [2.24, 2.45) is 5.92 Å². The maximum atomic E-state index is 13.2. The molecule has 7 heteroatoms. The lowest BCUT2D eigenvalue weighted by molar-refractivity contribution is -0.171. The molecule has 4 rings (SSSR count). The van der Waals surface area contributed by atoms with Gasteiger partial charge in [0.25, 0.3) is 5.91 Å². The van der Waals surface area contributed by atoms with Gasteiger partial charge in [-0.3, -0.25) is 14.4 Å². The molecule has 0 aliphatic carbocycles. The average molecular weight is 539 g/mol. The Bertz CT molecular complexity index is 1270. The number of nitrogens with zero attached hydrogens (tertiary/aromatic N) is 3. The van der Waals surface area contributed by atoms with Crippen LogP contribution in [0.2, 0.25) is 0 Å². The summed E-state index contributed by atoms with van der Waals surface area (Å²) in [7, 11) is 2.97. The monoisotopic (exact) mass is 538 g/mol. The molecule has 1 aromatic heterocycles. The van der Waals surface area contributed by atoms with Crippen LogP contribution in [0.15, 0.2) is 104 Å². The second-order valence-electron chi connectivity index (χ2n) is 10.4. The zero-order valence-corrected chi connectivity index (χ0v) is 23.7. The van der Waals surface area contributed by atoms with Gasteiger partial charge in [0, 0.05) is 26.1 Å². The molecule has 0 bridgehead atoms. The first-order valence-electron chi connectivity index (χ1n) is 13.7. The normalized spacial score (nSPS) is 12.2. The third-order valence-corrected chi connectivity index (χ3v) is 7.18. The average Bonchev–Trinajstić information content (AvgIpc) is 3.45. The Morgan fingerprint density at radius 2 is 1.40 bits per heavy atom. The second kappa shape index (κ2) is 13.2. The number of carbonyl (C=O) groups is 2. The molecule has 1 atom stereocenters. The minimum atomic E-state index is -0.812. The topological polar surface area (TPSA) is 76.5 Å². The molecule has 3 aromatic carbocycles. The lowest BCUT2D eigenvalue weighted by Gasteiger charge is -2.37. The number of aromatic nitrogens is 2. The van der Waals surface area contributed by atoms with Gasteiger partial charge < -0.3 is 9.88 Å². The van der Waals surface area contributed by atoms with Crippen molar-refractivity contribution in [3.63, 3.8) is 0 Å². The summed E-state index contributed by atoms with van der Waals surface area (Å²) in [5, 5.41) is 4.06. The van der Waals surface area contributed by atoms with Crippen LogP contribution in [0, 0.1) is 5.92 Å². The highest BCUT2D eigenvalue weighted by Gasteiger charge is 2.38. The van der Waals surface area contributed by atoms with Gasteiger partial charge in [0.05, 0.1) is 19.1 Å². The van der Waals surface area contributed by atoms with Gasteiger partial charge in [0.2, 0.25) is 5.91 Å². The standard InChI is InChI=1S/C33H38N4O3/c1-25(2)20-21-31(38)35-30(32(39)36(3)40-4)22-29-23-37(24-34-29)33(26-14-8-5-9-15-26,27-16-10-6-11-17-27)28-18-12-7-13-19-28/h5-19,23-25,30H,20-22H2,1-4H3,(H,35,38)/t30-/m0/s1. The predicted molar refractivity (Wildman–Crippen MR) is 156 cm³/mol. The van der Waals surface area contributed by atoms with E-state index in [-0.39, 0.29) is 18.2 Å². The van der Waals surface area contributed by atoms with Gasteiger partial charge in [0.15, 0.2) is 0 Å². The minimum absolute atomic E-state index is 0.164. The van der Waals surface area contributed by atoms with E-state index < -0.39 is 11.6 Å². The van der Waals surface area contributed by atoms with Crippen molar-refractivity contribution in [2.45, 2.75) is 44.7 Å². The summed E-state index contributed by atoms with van der Waals surface area (Å²) < 4.78 is 2.10. The van der Waals surface area contributed by atoms with Crippen molar-refractivity contribution in [3.8, 4) is 0 Å². The largest absolute Gasteiger partial charge is 0.344 e. The summed E-state index contributed by atoms with van der Waals surface area (Å²) in [6.45, 7) is 4.14. The quantitative estimate of drug-likeness (QED) is 0.199. The molecule has 1 N–H and O–H groups in total. The summed E-state index contributed by atoms with van der Waals surface area (Å²) >= 11 is 0. The Kier molecular flexibility index (Phi) is 9.51. The van der Waals surface area contributed by atoms with Crippen LogP contribution in [0.5, 0.6) is 0 Å². The number of imidazole rings is 1. The molecule has 0 radical (unpaired) electrons. The smallest absolute Gasteiger partial charge is 0.268 e. The Hall–Kier alpha value is -4.23. The minimum Gasteiger partial charge on any atom is -0.344 e. The van der Waals surface area contributed by atoms with Gasteiger partial charge in [0.1, 0.15) is 11.6 Å². The van der Waals surface area contributed by atoms with Crippen molar-refractivity contribution in [1.29, 1.82) is 0 Å². The first kappa shape index (κ1) is 28.8. The number of hydroxylamine groups is 2. The first-order valence-corrected chi connectivity index (χ1v) is 13.7. The van der Waals surface area contributed by atoms with E-state index in [1.807, 2.05) is 67.1 Å². The molecule has 0 aliphatic heterocycles. The van der Waals surface area contributed by atoms with Crippen molar-refractivity contribution in [2.75, 3.05) is 14.2 Å². The summed E-state index contributed by atoms with van der Waals surface area (Å²) in [5.74, 6) is -0.113. The summed E-state index contributed by atoms with van der Waals surface area (Å²) in [4.78, 5) is 35.8. The van der Waals surface area contributed by atoms with Crippen molar-refractivity contribution in [1.82, 2.24) is 19.9 Å². The van der Waals surface area contributed by atoms with Crippen LogP contribution in [-0.4, -0.2) is 46.6 Å². The van der Waals surface area contributed by atoms with E-state index in [0.717, 1.165) is 28.2 Å². The number of rotatable bonds is 12. The number of benzene rings is 3. The number of amides is 2. The van der Waals surface area contributed by atoms with Crippen LogP contribution in [0.4, 0.5) is 0 Å². The Labute approximate surface area is 236 Å². The van der Waals surface area contributed by atoms with Crippen molar-refractivity contribution < 1.29 is 14.4 Å². The van der Waals surface area contributed by atoms with Gasteiger partial charge in [-0.05, 0) is 29.0 Å². The summed E-state index contributed by atoms with van der Waals surface area (Å²) in [5.41, 5.74) is 3.19. The Morgan fingerprint density at radius 3 is 1.85 bits per heavy atom. The third kappa shape index (κ3) is 6.32. The molecular formula is C33H38N4O3. The molecule has 0 aliphatic rings. The zero-order chi connectivity index (χ0) is 28.5. The molecule has 40 heavy (non-hydrogen) atoms. The number of hydrogen-bond donors (Lipinski definition) is 1. The maximum Gasteiger partial charge on any atom is 0.268 e. The molecular weight excluding hydrogens is 500 g/mol. The highest BCUT2D eigenvalue weighted by atomic mass is 16.7. The van der Waals surface area contributed by atoms with Crippen LogP contribution in [0.1, 0.15) is 49.1 Å². The molecule has 7 nitrogen and oxygen atoms in total. The number of carbonyl (C=O) groups excluding carboxylic acids is 2. The molecule has 2 amide bonds. The lowest BCUT2D eigenvalue weighted by Crippen LogP contribution is -2.48. The van der Waals surface area contributed by atoms with Crippen LogP contribution < -0.4 is 5.32 Å². The third-order valence-electron chi connectivity index (χ3n) is 7.18. The van der Waals surface area contributed by atoms with Gasteiger partial charge >= 0.3 is 0 Å². The molecule has 1 heterocycles. The molecule has 0 unspecified atom stereocenters. The van der Waals surface area contributed by atoms with E-state index >= 15 is 0 Å². The zero-order valence-electron chi connectivity index (χ0n) is 23.7. The highest BCUT2D eigenvalue weighted by molar-refractivity contribution is 5.87. The molecule has 208 valence electrons. The van der Waals surface area contributed by atoms with Crippen molar-refractivity contribution >= 4 is 11.8 Å². The second-order valence-corrected chi connectivity index (χ2v) is 10.4. The van der Waals surface area contributed by atoms with E-state index in [1.54, 1.807) is 7.05 Å². The predicted octanol–water partition coefficient (Wildman–Crippen LogP) is 5.21. The number of nitrogens with one attached hydrogen (secondary N) is 1. The molecule has 0 saturated heterocycles. The fourth-order valence-corrected chi connectivity index (χ4v) is 5.04. The fourth-order valence-electron chi connectivity index (χ4n) is 5.04. The van der Waals surface area contributed by atoms with Crippen molar-refractivity contribution in [3.05, 3.63) is 126 Å². The van der Waals surface area contributed by atoms with Crippen LogP contribution >= 0.6 is 0 Å². The molecule has 0 spiro atoms. The number of hydrogen-bond acceptors (Lipinski definition) is 4. The van der Waals surface area contributed by atoms with Gasteiger partial charge in [-0.15, -0.1) is 0 Å². The number of likely N-dealkylation sites (N-methyl/N-ethyl adjacent to an activating group) is 1. The molecule has 0 saturated carbocycles. The lowest BCUT2D eigenvalue weighted by atomic mass is 9.77. The van der Waals surface area contributed by atoms with Crippen LogP contribution in [0.3, 0.4) is 0 Å². The molecule has 0 fully saturated rings. The molecule has 4 aromatic rings. The Morgan fingerprint density at radius 1 is 0.900 bits per heavy atom. The Balaban J connectivity index is 1.77. The van der Waals surface area contributed by atoms with Crippen LogP contribution in [-0.2, 0) is 26.4 Å². The van der Waals surface area contributed by atoms with E-state index in [9.17, 15) is 9.59 Å². The van der Waals surface area contributed by atoms with Gasteiger partial charge in [-0.2, -0.15) is 0 Å². The van der Waals surface area contributed by atoms with E-state index in [2.05, 4.69) is 60.1 Å². The highest BCUT2D eigenvalue weighted by Crippen LogP contribution is 2.40. The van der Waals surface area contributed by atoms with E-state index in [0.29, 0.717) is 18.0 Å². The summed E-state index contributed by atoms with van der Waals surface area (Å²) in [6, 6.07) is 30.2. The van der Waals surface area contributed by atoms with Gasteiger partial charge in [-0.25, -0.2) is 10.0 Å².